The second kappa shape index (κ2) is 5.88. The van der Waals surface area contributed by atoms with Gasteiger partial charge in [0, 0.05) is 11.3 Å². The number of hydrogen-bond acceptors (Lipinski definition) is 6. The van der Waals surface area contributed by atoms with Gasteiger partial charge in [-0.15, -0.1) is 0 Å². The number of rotatable bonds is 3. The molecule has 0 aromatic carbocycles. The third kappa shape index (κ3) is 2.45. The molecule has 1 unspecified atom stereocenters. The third-order valence-electron chi connectivity index (χ3n) is 3.11. The Bertz CT molecular complexity index is 611. The Hall–Kier alpha value is -2.13. The van der Waals surface area contributed by atoms with E-state index < -0.39 is 17.8 Å². The number of ether oxygens (including phenoxy) is 1. The molecule has 0 saturated carbocycles. The van der Waals surface area contributed by atoms with E-state index in [4.69, 9.17) is 21.8 Å². The molecule has 0 aliphatic carbocycles. The Morgan fingerprint density at radius 2 is 2.40 bits per heavy atom. The quantitative estimate of drug-likeness (QED) is 0.630. The van der Waals surface area contributed by atoms with Crippen LogP contribution in [-0.4, -0.2) is 18.3 Å². The summed E-state index contributed by atoms with van der Waals surface area (Å²) in [4.78, 5) is 16.3. The highest BCUT2D eigenvalue weighted by Crippen LogP contribution is 2.38. The smallest absolute Gasteiger partial charge is 0.315 e. The largest absolute Gasteiger partial charge is 0.759 e. The minimum atomic E-state index is -0.678. The molecule has 0 spiro atoms. The van der Waals surface area contributed by atoms with E-state index >= 15 is 0 Å². The van der Waals surface area contributed by atoms with Gasteiger partial charge in [0.15, 0.2) is 0 Å². The maximum atomic E-state index is 12.2. The van der Waals surface area contributed by atoms with E-state index in [1.165, 1.54) is 6.26 Å². The van der Waals surface area contributed by atoms with Crippen LogP contribution in [-0.2, 0) is 22.2 Å². The van der Waals surface area contributed by atoms with Crippen LogP contribution in [0.5, 0.6) is 0 Å². The summed E-state index contributed by atoms with van der Waals surface area (Å²) >= 11 is 5.12. The van der Waals surface area contributed by atoms with Crippen LogP contribution in [0.3, 0.4) is 0 Å². The first-order valence-electron chi connectivity index (χ1n) is 6.16. The zero-order valence-electron chi connectivity index (χ0n) is 11.1. The molecule has 1 aromatic heterocycles. The highest BCUT2D eigenvalue weighted by molar-refractivity contribution is 7.63. The maximum absolute atomic E-state index is 12.2. The van der Waals surface area contributed by atoms with Crippen molar-refractivity contribution < 1.29 is 13.9 Å². The molecule has 1 aliphatic rings. The molecule has 0 amide bonds. The molecule has 5 nitrogen and oxygen atoms in total. The van der Waals surface area contributed by atoms with Gasteiger partial charge in [-0.05, 0) is 26.0 Å². The summed E-state index contributed by atoms with van der Waals surface area (Å²) in [5.74, 6) is -1.16. The normalized spacial score (nSPS) is 22.1. The lowest BCUT2D eigenvalue weighted by Crippen LogP contribution is -2.34. The van der Waals surface area contributed by atoms with Crippen molar-refractivity contribution in [1.29, 1.82) is 5.26 Å². The van der Waals surface area contributed by atoms with E-state index in [0.717, 1.165) is 0 Å². The predicted molar refractivity (Wildman–Crippen MR) is 74.7 cm³/mol. The van der Waals surface area contributed by atoms with Crippen molar-refractivity contribution in [2.75, 3.05) is 6.61 Å². The number of furan rings is 1. The number of nitrogens with zero attached hydrogens (tertiary/aromatic N) is 2. The lowest BCUT2D eigenvalue weighted by molar-refractivity contribution is -0.146. The van der Waals surface area contributed by atoms with Crippen molar-refractivity contribution in [1.82, 2.24) is 0 Å². The molecule has 0 N–H and O–H groups in total. The summed E-state index contributed by atoms with van der Waals surface area (Å²) in [6.45, 7) is 3.70. The van der Waals surface area contributed by atoms with Crippen LogP contribution in [0.4, 0.5) is 0 Å². The summed E-state index contributed by atoms with van der Waals surface area (Å²) in [6.07, 6.45) is 1.50. The van der Waals surface area contributed by atoms with Crippen LogP contribution in [0.2, 0.25) is 0 Å². The highest BCUT2D eigenvalue weighted by atomic mass is 32.1. The first-order chi connectivity index (χ1) is 9.60. The standard InChI is InChI=1S/C14H14N2O3S/c1-3-18-14(17)11-8(2)16-13(20)9(7-15)12(11)10-5-4-6-19-10/h4-6,11-12,20H,3H2,1-2H3/p-1/t11?,12-/m0/s1. The number of carbonyl (C=O) groups is 1. The van der Waals surface area contributed by atoms with Gasteiger partial charge < -0.3 is 21.8 Å². The van der Waals surface area contributed by atoms with Crippen molar-refractivity contribution in [2.45, 2.75) is 19.8 Å². The molecule has 1 aliphatic heterocycles. The molecular weight excluding hydrogens is 276 g/mol. The van der Waals surface area contributed by atoms with Crippen molar-refractivity contribution in [3.63, 3.8) is 0 Å². The molecular formula is C14H13N2O3S-. The molecule has 20 heavy (non-hydrogen) atoms. The number of hydrogen-bond donors (Lipinski definition) is 0. The molecule has 0 saturated heterocycles. The molecule has 0 fully saturated rings. The van der Waals surface area contributed by atoms with Gasteiger partial charge in [0.2, 0.25) is 0 Å². The number of carbonyl (C=O) groups excluding carboxylic acids is 1. The minimum Gasteiger partial charge on any atom is -0.759 e. The Kier molecular flexibility index (Phi) is 4.20. The number of esters is 1. The summed E-state index contributed by atoms with van der Waals surface area (Å²) in [6, 6.07) is 5.46. The van der Waals surface area contributed by atoms with E-state index in [-0.39, 0.29) is 17.2 Å². The average Bonchev–Trinajstić information content (AvgIpc) is 2.91. The van der Waals surface area contributed by atoms with Gasteiger partial charge in [0.05, 0.1) is 24.9 Å². The maximum Gasteiger partial charge on any atom is 0.315 e. The average molecular weight is 289 g/mol. The minimum absolute atomic E-state index is 0.201. The summed E-state index contributed by atoms with van der Waals surface area (Å²) in [7, 11) is 0. The molecule has 2 heterocycles. The summed E-state index contributed by atoms with van der Waals surface area (Å²) < 4.78 is 10.4. The molecule has 104 valence electrons. The van der Waals surface area contributed by atoms with Crippen LogP contribution >= 0.6 is 0 Å². The number of allylic oxidation sites excluding steroid dienone is 1. The molecule has 2 atom stereocenters. The van der Waals surface area contributed by atoms with Crippen molar-refractivity contribution in [2.24, 2.45) is 10.9 Å². The van der Waals surface area contributed by atoms with Crippen molar-refractivity contribution >= 4 is 24.3 Å². The van der Waals surface area contributed by atoms with Gasteiger partial charge in [0.25, 0.3) is 0 Å². The first-order valence-corrected chi connectivity index (χ1v) is 6.57. The Morgan fingerprint density at radius 1 is 1.65 bits per heavy atom. The van der Waals surface area contributed by atoms with E-state index in [2.05, 4.69) is 4.99 Å². The van der Waals surface area contributed by atoms with Crippen LogP contribution in [0.15, 0.2) is 38.4 Å². The van der Waals surface area contributed by atoms with Crippen LogP contribution < -0.4 is 0 Å². The topological polar surface area (TPSA) is 75.6 Å². The Morgan fingerprint density at radius 3 is 2.95 bits per heavy atom. The van der Waals surface area contributed by atoms with Gasteiger partial charge in [-0.25, -0.2) is 0 Å². The van der Waals surface area contributed by atoms with Crippen LogP contribution in [0.25, 0.3) is 0 Å². The fourth-order valence-electron chi connectivity index (χ4n) is 2.26. The van der Waals surface area contributed by atoms with Crippen molar-refractivity contribution in [3.8, 4) is 6.07 Å². The number of aliphatic imine (C=N–C) groups is 1. The second-order valence-electron chi connectivity index (χ2n) is 4.31. The van der Waals surface area contributed by atoms with Gasteiger partial charge in [0.1, 0.15) is 11.7 Å². The first kappa shape index (κ1) is 14.3. The molecule has 1 aromatic rings. The Balaban J connectivity index is 2.52. The lowest BCUT2D eigenvalue weighted by Gasteiger charge is -2.30. The number of nitriles is 1. The van der Waals surface area contributed by atoms with Gasteiger partial charge in [-0.3, -0.25) is 9.79 Å². The van der Waals surface area contributed by atoms with E-state index in [9.17, 15) is 10.1 Å². The predicted octanol–water partition coefficient (Wildman–Crippen LogP) is 2.30. The third-order valence-corrected chi connectivity index (χ3v) is 3.42. The zero-order chi connectivity index (χ0) is 14.7. The molecule has 0 bridgehead atoms. The fourth-order valence-corrected chi connectivity index (χ4v) is 2.58. The van der Waals surface area contributed by atoms with Crippen molar-refractivity contribution in [3.05, 3.63) is 34.8 Å². The van der Waals surface area contributed by atoms with E-state index in [0.29, 0.717) is 11.5 Å². The summed E-state index contributed by atoms with van der Waals surface area (Å²) in [5.41, 5.74) is 0.799. The van der Waals surface area contributed by atoms with Gasteiger partial charge in [-0.1, -0.05) is 5.03 Å². The molecule has 6 heteroatoms. The van der Waals surface area contributed by atoms with Crippen LogP contribution in [0.1, 0.15) is 25.5 Å². The SMILES string of the molecule is CCOC(=O)C1C(C)=NC([S-])=C(C#N)[C@H]1c1ccco1. The lowest BCUT2D eigenvalue weighted by atomic mass is 9.80. The zero-order valence-corrected chi connectivity index (χ0v) is 11.9. The molecule has 2 rings (SSSR count). The van der Waals surface area contributed by atoms with E-state index in [1.54, 1.807) is 26.0 Å². The highest BCUT2D eigenvalue weighted by Gasteiger charge is 2.39. The van der Waals surface area contributed by atoms with Gasteiger partial charge >= 0.3 is 5.97 Å². The second-order valence-corrected chi connectivity index (χ2v) is 4.69. The fraction of sp³-hybridized carbons (Fsp3) is 0.357. The van der Waals surface area contributed by atoms with Gasteiger partial charge in [-0.2, -0.15) is 5.26 Å². The monoisotopic (exact) mass is 289 g/mol. The van der Waals surface area contributed by atoms with Crippen LogP contribution in [0, 0.1) is 17.2 Å². The molecule has 0 radical (unpaired) electrons. The summed E-state index contributed by atoms with van der Waals surface area (Å²) in [5, 5.41) is 9.51. The Labute approximate surface area is 122 Å². The van der Waals surface area contributed by atoms with E-state index in [1.807, 2.05) is 6.07 Å².